The molecule has 0 aromatic carbocycles. The maximum absolute atomic E-state index is 5.38. The third-order valence-electron chi connectivity index (χ3n) is 2.26. The molecule has 0 saturated carbocycles. The smallest absolute Gasteiger partial charge is 0.0161 e. The first-order chi connectivity index (χ1) is 7.06. The van der Waals surface area contributed by atoms with Gasteiger partial charge in [0.15, 0.2) is 0 Å². The van der Waals surface area contributed by atoms with E-state index in [1.807, 2.05) is 6.92 Å². The highest BCUT2D eigenvalue weighted by atomic mass is 13.9. The van der Waals surface area contributed by atoms with Gasteiger partial charge in [-0.1, -0.05) is 47.6 Å². The first kappa shape index (κ1) is 14.0. The largest absolute Gasteiger partial charge is 0.0856 e. The summed E-state index contributed by atoms with van der Waals surface area (Å²) >= 11 is 0. The summed E-state index contributed by atoms with van der Waals surface area (Å²) in [4.78, 5) is 0. The summed E-state index contributed by atoms with van der Waals surface area (Å²) in [6, 6.07) is 0. The van der Waals surface area contributed by atoms with E-state index in [4.69, 9.17) is 6.58 Å². The summed E-state index contributed by atoms with van der Waals surface area (Å²) in [6.45, 7) is 13.9. The van der Waals surface area contributed by atoms with E-state index >= 15 is 0 Å². The zero-order valence-corrected chi connectivity index (χ0v) is 10.5. The van der Waals surface area contributed by atoms with E-state index in [2.05, 4.69) is 39.0 Å². The highest BCUT2D eigenvalue weighted by molar-refractivity contribution is 5.14. The fraction of sp³-hybridized carbons (Fsp3) is 0.467. The topological polar surface area (TPSA) is 0 Å². The van der Waals surface area contributed by atoms with Crippen molar-refractivity contribution in [3.8, 4) is 0 Å². The minimum absolute atomic E-state index is 0.986. The van der Waals surface area contributed by atoms with Crippen LogP contribution in [0.25, 0.3) is 0 Å². The number of rotatable bonds is 6. The van der Waals surface area contributed by atoms with Crippen molar-refractivity contribution in [1.82, 2.24) is 0 Å². The van der Waals surface area contributed by atoms with Crippen LogP contribution in [0.15, 0.2) is 41.0 Å². The number of hydrogen-bond donors (Lipinski definition) is 0. The van der Waals surface area contributed by atoms with Gasteiger partial charge in [0, 0.05) is 0 Å². The van der Waals surface area contributed by atoms with E-state index < -0.39 is 0 Å². The van der Waals surface area contributed by atoms with Crippen molar-refractivity contribution in [1.29, 1.82) is 0 Å². The van der Waals surface area contributed by atoms with Gasteiger partial charge in [-0.05, 0) is 47.0 Å². The average molecular weight is 203 g/mol. The highest BCUT2D eigenvalue weighted by Gasteiger charge is 1.88. The van der Waals surface area contributed by atoms with Crippen LogP contribution in [0.2, 0.25) is 0 Å². The molecule has 0 N–H and O–H groups in total. The monoisotopic (exact) mass is 203 g/mol. The van der Waals surface area contributed by atoms with Gasteiger partial charge in [0.05, 0.1) is 0 Å². The van der Waals surface area contributed by atoms with Crippen LogP contribution in [-0.2, 0) is 0 Å². The van der Waals surface area contributed by atoms with Crippen LogP contribution in [0.4, 0.5) is 0 Å². The molecule has 0 bridgehead atoms. The summed E-state index contributed by atoms with van der Waals surface area (Å²) in [6.07, 6.45) is 11.6. The Morgan fingerprint density at radius 2 is 1.67 bits per heavy atom. The van der Waals surface area contributed by atoms with E-state index in [1.165, 1.54) is 11.1 Å². The van der Waals surface area contributed by atoms with Gasteiger partial charge in [-0.25, -0.2) is 0 Å². The molecule has 15 heavy (non-hydrogen) atoms. The molecular formula is C15H23. The van der Waals surface area contributed by atoms with Crippen molar-refractivity contribution in [3.05, 3.63) is 47.6 Å². The third kappa shape index (κ3) is 9.27. The molecule has 1 radical (unpaired) electrons. The summed E-state index contributed by atoms with van der Waals surface area (Å²) in [7, 11) is 0. The predicted molar refractivity (Wildman–Crippen MR) is 69.7 cm³/mol. The van der Waals surface area contributed by atoms with E-state index in [0.717, 1.165) is 24.8 Å². The predicted octanol–water partition coefficient (Wildman–Crippen LogP) is 5.00. The van der Waals surface area contributed by atoms with Crippen LogP contribution in [0.1, 0.15) is 47.0 Å². The first-order valence-corrected chi connectivity index (χ1v) is 5.57. The average Bonchev–Trinajstić information content (AvgIpc) is 2.17. The molecule has 0 saturated heterocycles. The Balaban J connectivity index is 3.89. The van der Waals surface area contributed by atoms with Crippen molar-refractivity contribution >= 4 is 0 Å². The van der Waals surface area contributed by atoms with Gasteiger partial charge >= 0.3 is 0 Å². The SMILES string of the molecule is [CH]=CC(C)=CCC=C(C)CCC=C(C)C. The molecule has 0 aliphatic heterocycles. The molecule has 0 spiro atoms. The van der Waals surface area contributed by atoms with Crippen LogP contribution in [0.3, 0.4) is 0 Å². The van der Waals surface area contributed by atoms with Crippen LogP contribution < -0.4 is 0 Å². The Kier molecular flexibility index (Phi) is 7.71. The van der Waals surface area contributed by atoms with Gasteiger partial charge in [0.1, 0.15) is 0 Å². The molecule has 83 valence electrons. The Labute approximate surface area is 95.1 Å². The summed E-state index contributed by atoms with van der Waals surface area (Å²) in [5, 5.41) is 0. The maximum atomic E-state index is 5.38. The lowest BCUT2D eigenvalue weighted by Crippen LogP contribution is -1.77. The molecule has 0 aromatic heterocycles. The molecule has 0 atom stereocenters. The molecule has 0 aliphatic carbocycles. The number of allylic oxidation sites excluding steroid dienone is 7. The molecule has 0 nitrogen and oxygen atoms in total. The van der Waals surface area contributed by atoms with E-state index in [0.29, 0.717) is 0 Å². The minimum Gasteiger partial charge on any atom is -0.0856 e. The van der Waals surface area contributed by atoms with E-state index in [9.17, 15) is 0 Å². The molecular weight excluding hydrogens is 180 g/mol. The van der Waals surface area contributed by atoms with Crippen molar-refractivity contribution < 1.29 is 0 Å². The number of hydrogen-bond acceptors (Lipinski definition) is 0. The molecule has 0 heterocycles. The molecule has 0 unspecified atom stereocenters. The lowest BCUT2D eigenvalue weighted by Gasteiger charge is -1.98. The Morgan fingerprint density at radius 1 is 1.00 bits per heavy atom. The van der Waals surface area contributed by atoms with E-state index in [-0.39, 0.29) is 0 Å². The van der Waals surface area contributed by atoms with Gasteiger partial charge in [-0.3, -0.25) is 0 Å². The lowest BCUT2D eigenvalue weighted by molar-refractivity contribution is 0.958. The Morgan fingerprint density at radius 3 is 2.20 bits per heavy atom. The van der Waals surface area contributed by atoms with Gasteiger partial charge in [0.2, 0.25) is 0 Å². The van der Waals surface area contributed by atoms with Crippen LogP contribution in [-0.4, -0.2) is 0 Å². The minimum atomic E-state index is 0.986. The molecule has 0 aromatic rings. The normalized spacial score (nSPS) is 12.5. The molecule has 0 fully saturated rings. The zero-order valence-electron chi connectivity index (χ0n) is 10.5. The molecule has 0 amide bonds. The van der Waals surface area contributed by atoms with Crippen molar-refractivity contribution in [2.75, 3.05) is 0 Å². The standard InChI is InChI=1S/C15H23/c1-6-14(4)10-8-12-15(5)11-7-9-13(2)3/h1,6,9-10,12H,7-8,11H2,2-5H3. The molecule has 0 rings (SSSR count). The summed E-state index contributed by atoms with van der Waals surface area (Å²) in [5.41, 5.74) is 3.99. The van der Waals surface area contributed by atoms with Crippen LogP contribution in [0, 0.1) is 6.58 Å². The molecule has 0 aliphatic rings. The lowest BCUT2D eigenvalue weighted by atomic mass is 10.1. The third-order valence-corrected chi connectivity index (χ3v) is 2.26. The van der Waals surface area contributed by atoms with Crippen molar-refractivity contribution in [2.24, 2.45) is 0 Å². The Bertz CT molecular complexity index is 270. The van der Waals surface area contributed by atoms with Gasteiger partial charge < -0.3 is 0 Å². The maximum Gasteiger partial charge on any atom is -0.0161 e. The second-order valence-corrected chi connectivity index (χ2v) is 4.22. The van der Waals surface area contributed by atoms with Crippen molar-refractivity contribution in [3.63, 3.8) is 0 Å². The van der Waals surface area contributed by atoms with Gasteiger partial charge in [0.25, 0.3) is 0 Å². The van der Waals surface area contributed by atoms with Gasteiger partial charge in [-0.2, -0.15) is 0 Å². The highest BCUT2D eigenvalue weighted by Crippen LogP contribution is 2.08. The fourth-order valence-corrected chi connectivity index (χ4v) is 1.20. The Hall–Kier alpha value is -1.04. The second-order valence-electron chi connectivity index (χ2n) is 4.22. The second kappa shape index (κ2) is 8.28. The fourth-order valence-electron chi connectivity index (χ4n) is 1.20. The molecule has 0 heteroatoms. The van der Waals surface area contributed by atoms with E-state index in [1.54, 1.807) is 6.08 Å². The van der Waals surface area contributed by atoms with Gasteiger partial charge in [-0.15, -0.1) is 0 Å². The quantitative estimate of drug-likeness (QED) is 0.421. The first-order valence-electron chi connectivity index (χ1n) is 5.57. The summed E-state index contributed by atoms with van der Waals surface area (Å²) < 4.78 is 0. The van der Waals surface area contributed by atoms with Crippen LogP contribution in [0.5, 0.6) is 0 Å². The summed E-state index contributed by atoms with van der Waals surface area (Å²) in [5.74, 6) is 0. The van der Waals surface area contributed by atoms with Crippen molar-refractivity contribution in [2.45, 2.75) is 47.0 Å². The van der Waals surface area contributed by atoms with Crippen LogP contribution >= 0.6 is 0 Å². The zero-order chi connectivity index (χ0) is 11.7.